The third kappa shape index (κ3) is 4.20. The highest BCUT2D eigenvalue weighted by Gasteiger charge is 2.27. The molecule has 0 aliphatic heterocycles. The van der Waals surface area contributed by atoms with Crippen LogP contribution in [0.2, 0.25) is 0 Å². The van der Waals surface area contributed by atoms with Gasteiger partial charge in [-0.3, -0.25) is 4.79 Å². The summed E-state index contributed by atoms with van der Waals surface area (Å²) >= 11 is 4.89. The highest BCUT2D eigenvalue weighted by Crippen LogP contribution is 2.24. The largest absolute Gasteiger partial charge is 0.392 e. The number of amides is 1. The van der Waals surface area contributed by atoms with E-state index in [1.165, 1.54) is 6.07 Å². The molecular weight excluding hydrogens is 294 g/mol. The van der Waals surface area contributed by atoms with Crippen LogP contribution < -0.4 is 5.73 Å². The van der Waals surface area contributed by atoms with Gasteiger partial charge in [0.2, 0.25) is 5.91 Å². The van der Waals surface area contributed by atoms with Gasteiger partial charge in [0.15, 0.2) is 0 Å². The van der Waals surface area contributed by atoms with Crippen molar-refractivity contribution in [1.82, 2.24) is 4.90 Å². The van der Waals surface area contributed by atoms with Crippen molar-refractivity contribution in [2.45, 2.75) is 38.1 Å². The molecule has 2 N–H and O–H groups in total. The van der Waals surface area contributed by atoms with Crippen molar-refractivity contribution in [3.05, 3.63) is 35.4 Å². The molecule has 2 rings (SSSR count). The molecule has 114 valence electrons. The van der Waals surface area contributed by atoms with Gasteiger partial charge in [-0.15, -0.1) is 0 Å². The number of benzene rings is 1. The smallest absolute Gasteiger partial charge is 0.227 e. The van der Waals surface area contributed by atoms with Gasteiger partial charge in [0.25, 0.3) is 0 Å². The first-order valence-corrected chi connectivity index (χ1v) is 7.40. The van der Waals surface area contributed by atoms with Crippen LogP contribution in [0.25, 0.3) is 0 Å². The molecular formula is C15H18F2N2OS. The fraction of sp³-hybridized carbons (Fsp3) is 0.467. The fourth-order valence-electron chi connectivity index (χ4n) is 2.73. The molecule has 0 radical (unpaired) electrons. The first kappa shape index (κ1) is 15.8. The van der Waals surface area contributed by atoms with Gasteiger partial charge in [0, 0.05) is 12.1 Å². The van der Waals surface area contributed by atoms with Crippen LogP contribution in [0.3, 0.4) is 0 Å². The minimum atomic E-state index is -0.704. The minimum absolute atomic E-state index is 0.106. The van der Waals surface area contributed by atoms with Crippen molar-refractivity contribution in [3.63, 3.8) is 0 Å². The number of nitrogens with zero attached hydrogens (tertiary/aromatic N) is 1. The quantitative estimate of drug-likeness (QED) is 0.850. The van der Waals surface area contributed by atoms with Crippen molar-refractivity contribution >= 4 is 23.1 Å². The zero-order valence-corrected chi connectivity index (χ0v) is 12.5. The Morgan fingerprint density at radius 1 is 1.33 bits per heavy atom. The third-order valence-corrected chi connectivity index (χ3v) is 3.90. The Balaban J connectivity index is 2.11. The van der Waals surface area contributed by atoms with Crippen LogP contribution in [0.4, 0.5) is 8.78 Å². The second-order valence-corrected chi connectivity index (χ2v) is 5.86. The molecule has 0 heterocycles. The Morgan fingerprint density at radius 2 is 2.00 bits per heavy atom. The Bertz CT molecular complexity index is 544. The Labute approximate surface area is 128 Å². The molecule has 1 saturated carbocycles. The molecule has 1 fully saturated rings. The Kier molecular flexibility index (Phi) is 5.22. The Hall–Kier alpha value is -1.56. The zero-order valence-electron chi connectivity index (χ0n) is 11.6. The summed E-state index contributed by atoms with van der Waals surface area (Å²) in [4.78, 5) is 14.3. The van der Waals surface area contributed by atoms with Crippen molar-refractivity contribution in [1.29, 1.82) is 0 Å². The SMILES string of the molecule is NC(=S)CN(C(=O)Cc1ccc(F)cc1F)C1CCCC1. The van der Waals surface area contributed by atoms with E-state index in [0.717, 1.165) is 37.8 Å². The summed E-state index contributed by atoms with van der Waals surface area (Å²) in [6.07, 6.45) is 3.86. The summed E-state index contributed by atoms with van der Waals surface area (Å²) in [7, 11) is 0. The molecule has 0 atom stereocenters. The molecule has 6 heteroatoms. The van der Waals surface area contributed by atoms with E-state index >= 15 is 0 Å². The van der Waals surface area contributed by atoms with E-state index in [2.05, 4.69) is 0 Å². The van der Waals surface area contributed by atoms with Gasteiger partial charge in [-0.25, -0.2) is 8.78 Å². The van der Waals surface area contributed by atoms with Gasteiger partial charge in [0.05, 0.1) is 18.0 Å². The predicted octanol–water partition coefficient (Wildman–Crippen LogP) is 2.56. The summed E-state index contributed by atoms with van der Waals surface area (Å²) in [6, 6.07) is 3.35. The Morgan fingerprint density at radius 3 is 2.57 bits per heavy atom. The average Bonchev–Trinajstić information content (AvgIpc) is 2.92. The van der Waals surface area contributed by atoms with E-state index < -0.39 is 11.6 Å². The van der Waals surface area contributed by atoms with Gasteiger partial charge in [-0.1, -0.05) is 31.1 Å². The number of carbonyl (C=O) groups is 1. The van der Waals surface area contributed by atoms with Gasteiger partial charge in [-0.2, -0.15) is 0 Å². The number of thiocarbonyl (C=S) groups is 1. The predicted molar refractivity (Wildman–Crippen MR) is 80.8 cm³/mol. The fourth-order valence-corrected chi connectivity index (χ4v) is 2.87. The molecule has 0 unspecified atom stereocenters. The van der Waals surface area contributed by atoms with E-state index in [1.807, 2.05) is 0 Å². The van der Waals surface area contributed by atoms with Crippen molar-refractivity contribution in [3.8, 4) is 0 Å². The summed E-state index contributed by atoms with van der Waals surface area (Å²) in [6.45, 7) is 0.210. The number of carbonyl (C=O) groups excluding carboxylic acids is 1. The number of rotatable bonds is 5. The highest BCUT2D eigenvalue weighted by atomic mass is 32.1. The molecule has 1 amide bonds. The maximum absolute atomic E-state index is 13.7. The van der Waals surface area contributed by atoms with Crippen LogP contribution in [-0.2, 0) is 11.2 Å². The number of hydrogen-bond donors (Lipinski definition) is 1. The molecule has 1 aliphatic carbocycles. The average molecular weight is 312 g/mol. The van der Waals surface area contributed by atoms with E-state index in [9.17, 15) is 13.6 Å². The highest BCUT2D eigenvalue weighted by molar-refractivity contribution is 7.80. The van der Waals surface area contributed by atoms with Crippen LogP contribution in [0.1, 0.15) is 31.2 Å². The van der Waals surface area contributed by atoms with E-state index in [0.29, 0.717) is 0 Å². The summed E-state index contributed by atoms with van der Waals surface area (Å²) in [5, 5.41) is 0. The number of halogens is 2. The van der Waals surface area contributed by atoms with Crippen LogP contribution in [0, 0.1) is 11.6 Å². The summed E-state index contributed by atoms with van der Waals surface area (Å²) in [5.41, 5.74) is 5.74. The van der Waals surface area contributed by atoms with E-state index in [-0.39, 0.29) is 35.5 Å². The second-order valence-electron chi connectivity index (χ2n) is 5.34. The van der Waals surface area contributed by atoms with Crippen molar-refractivity contribution < 1.29 is 13.6 Å². The lowest BCUT2D eigenvalue weighted by atomic mass is 10.1. The third-order valence-electron chi connectivity index (χ3n) is 3.77. The molecule has 0 aromatic heterocycles. The molecule has 0 bridgehead atoms. The van der Waals surface area contributed by atoms with Gasteiger partial charge < -0.3 is 10.6 Å². The zero-order chi connectivity index (χ0) is 15.4. The lowest BCUT2D eigenvalue weighted by Crippen LogP contribution is -2.44. The van der Waals surface area contributed by atoms with Gasteiger partial charge >= 0.3 is 0 Å². The number of hydrogen-bond acceptors (Lipinski definition) is 2. The van der Waals surface area contributed by atoms with Crippen LogP contribution in [0.5, 0.6) is 0 Å². The monoisotopic (exact) mass is 312 g/mol. The van der Waals surface area contributed by atoms with E-state index in [1.54, 1.807) is 4.90 Å². The van der Waals surface area contributed by atoms with Crippen LogP contribution >= 0.6 is 12.2 Å². The van der Waals surface area contributed by atoms with Crippen LogP contribution in [0.15, 0.2) is 18.2 Å². The summed E-state index contributed by atoms with van der Waals surface area (Å²) in [5.74, 6) is -1.58. The summed E-state index contributed by atoms with van der Waals surface area (Å²) < 4.78 is 26.5. The molecule has 21 heavy (non-hydrogen) atoms. The first-order chi connectivity index (χ1) is 9.97. The van der Waals surface area contributed by atoms with Crippen molar-refractivity contribution in [2.75, 3.05) is 6.54 Å². The maximum atomic E-state index is 13.7. The normalized spacial score (nSPS) is 15.1. The molecule has 1 aromatic carbocycles. The molecule has 1 aliphatic rings. The lowest BCUT2D eigenvalue weighted by molar-refractivity contribution is -0.131. The standard InChI is InChI=1S/C15H18F2N2OS/c16-11-6-5-10(13(17)8-11)7-15(20)19(9-14(18)21)12-3-1-2-4-12/h5-6,8,12H,1-4,7,9H2,(H2,18,21). The van der Waals surface area contributed by atoms with Crippen LogP contribution in [-0.4, -0.2) is 28.4 Å². The minimum Gasteiger partial charge on any atom is -0.392 e. The number of nitrogens with two attached hydrogens (primary N) is 1. The lowest BCUT2D eigenvalue weighted by Gasteiger charge is -2.28. The maximum Gasteiger partial charge on any atom is 0.227 e. The van der Waals surface area contributed by atoms with E-state index in [4.69, 9.17) is 18.0 Å². The van der Waals surface area contributed by atoms with Gasteiger partial charge in [0.1, 0.15) is 11.6 Å². The van der Waals surface area contributed by atoms with Crippen molar-refractivity contribution in [2.24, 2.45) is 5.73 Å². The first-order valence-electron chi connectivity index (χ1n) is 6.99. The molecule has 0 saturated heterocycles. The second kappa shape index (κ2) is 6.93. The molecule has 3 nitrogen and oxygen atoms in total. The molecule has 1 aromatic rings. The van der Waals surface area contributed by atoms with Gasteiger partial charge in [-0.05, 0) is 24.5 Å². The molecule has 0 spiro atoms. The topological polar surface area (TPSA) is 46.3 Å².